The first-order valence-corrected chi connectivity index (χ1v) is 8.33. The van der Waals surface area contributed by atoms with E-state index in [9.17, 15) is 14.4 Å². The third kappa shape index (κ3) is 5.97. The standard InChI is InChI=1S/C20H18ClNO5/c1-26-17-9-7-16(8-10-17)22-20(25)14(12-19(24)27-2)11-18(23)13-3-5-15(21)6-4-13/h3-11H,12H2,1-2H3,(H,22,25)/b14-11-. The highest BCUT2D eigenvalue weighted by atomic mass is 35.5. The molecule has 2 aromatic rings. The monoisotopic (exact) mass is 387 g/mol. The van der Waals surface area contributed by atoms with Gasteiger partial charge in [-0.15, -0.1) is 0 Å². The fourth-order valence-corrected chi connectivity index (χ4v) is 2.29. The summed E-state index contributed by atoms with van der Waals surface area (Å²) in [5, 5.41) is 3.13. The van der Waals surface area contributed by atoms with Gasteiger partial charge in [0.1, 0.15) is 5.75 Å². The number of allylic oxidation sites excluding steroid dienone is 1. The van der Waals surface area contributed by atoms with Gasteiger partial charge in [-0.25, -0.2) is 0 Å². The van der Waals surface area contributed by atoms with Crippen LogP contribution in [0.2, 0.25) is 5.02 Å². The molecule has 0 heterocycles. The van der Waals surface area contributed by atoms with Gasteiger partial charge in [-0.05, 0) is 54.6 Å². The number of ketones is 1. The number of rotatable bonds is 7. The second kappa shape index (κ2) is 9.54. The average molecular weight is 388 g/mol. The molecule has 0 fully saturated rings. The number of hydrogen-bond donors (Lipinski definition) is 1. The smallest absolute Gasteiger partial charge is 0.310 e. The van der Waals surface area contributed by atoms with Crippen molar-refractivity contribution in [2.75, 3.05) is 19.5 Å². The Hall–Kier alpha value is -3.12. The molecule has 0 saturated carbocycles. The van der Waals surface area contributed by atoms with Gasteiger partial charge in [-0.3, -0.25) is 14.4 Å². The molecule has 0 atom stereocenters. The molecule has 1 amide bonds. The van der Waals surface area contributed by atoms with Crippen LogP contribution in [0, 0.1) is 0 Å². The minimum absolute atomic E-state index is 0.0161. The third-order valence-electron chi connectivity index (χ3n) is 3.64. The number of methoxy groups -OCH3 is 2. The van der Waals surface area contributed by atoms with Crippen molar-refractivity contribution >= 4 is 34.9 Å². The maximum Gasteiger partial charge on any atom is 0.310 e. The lowest BCUT2D eigenvalue weighted by Gasteiger charge is -2.09. The number of anilines is 1. The molecule has 27 heavy (non-hydrogen) atoms. The lowest BCUT2D eigenvalue weighted by Crippen LogP contribution is -2.18. The normalized spacial score (nSPS) is 10.9. The van der Waals surface area contributed by atoms with Crippen LogP contribution in [0.4, 0.5) is 5.69 Å². The number of esters is 1. The maximum absolute atomic E-state index is 12.5. The molecule has 2 aromatic carbocycles. The Kier molecular flexibility index (Phi) is 7.14. The summed E-state index contributed by atoms with van der Waals surface area (Å²) < 4.78 is 9.67. The minimum atomic E-state index is -0.630. The highest BCUT2D eigenvalue weighted by molar-refractivity contribution is 6.30. The Morgan fingerprint density at radius 2 is 1.63 bits per heavy atom. The van der Waals surface area contributed by atoms with Gasteiger partial charge < -0.3 is 14.8 Å². The molecule has 0 aliphatic rings. The molecule has 7 heteroatoms. The number of amides is 1. The van der Waals surface area contributed by atoms with Crippen LogP contribution in [0.3, 0.4) is 0 Å². The molecule has 0 spiro atoms. The topological polar surface area (TPSA) is 81.7 Å². The third-order valence-corrected chi connectivity index (χ3v) is 3.89. The van der Waals surface area contributed by atoms with Gasteiger partial charge in [-0.1, -0.05) is 11.6 Å². The Bertz CT molecular complexity index is 857. The van der Waals surface area contributed by atoms with Crippen LogP contribution >= 0.6 is 11.6 Å². The summed E-state index contributed by atoms with van der Waals surface area (Å²) in [6.45, 7) is 0. The highest BCUT2D eigenvalue weighted by Crippen LogP contribution is 2.17. The van der Waals surface area contributed by atoms with Gasteiger partial charge in [-0.2, -0.15) is 0 Å². The minimum Gasteiger partial charge on any atom is -0.497 e. The molecule has 2 rings (SSSR count). The van der Waals surface area contributed by atoms with Crippen LogP contribution in [0.5, 0.6) is 5.75 Å². The summed E-state index contributed by atoms with van der Waals surface area (Å²) in [4.78, 5) is 36.6. The van der Waals surface area contributed by atoms with Crippen molar-refractivity contribution in [1.29, 1.82) is 0 Å². The fourth-order valence-electron chi connectivity index (χ4n) is 2.17. The quantitative estimate of drug-likeness (QED) is 0.445. The van der Waals surface area contributed by atoms with E-state index in [1.807, 2.05) is 0 Å². The molecular formula is C20H18ClNO5. The zero-order valence-electron chi connectivity index (χ0n) is 14.8. The lowest BCUT2D eigenvalue weighted by molar-refractivity contribution is -0.140. The van der Waals surface area contributed by atoms with Gasteiger partial charge in [0, 0.05) is 21.8 Å². The van der Waals surface area contributed by atoms with Gasteiger partial charge in [0.25, 0.3) is 5.91 Å². The molecule has 140 valence electrons. The first-order valence-electron chi connectivity index (χ1n) is 7.95. The van der Waals surface area contributed by atoms with E-state index in [2.05, 4.69) is 10.1 Å². The second-order valence-corrected chi connectivity index (χ2v) is 5.91. The highest BCUT2D eigenvalue weighted by Gasteiger charge is 2.17. The predicted molar refractivity (Wildman–Crippen MR) is 102 cm³/mol. The number of benzene rings is 2. The van der Waals surface area contributed by atoms with E-state index >= 15 is 0 Å². The van der Waals surface area contributed by atoms with Crippen LogP contribution in [0.25, 0.3) is 0 Å². The second-order valence-electron chi connectivity index (χ2n) is 5.48. The van der Waals surface area contributed by atoms with E-state index < -0.39 is 17.7 Å². The van der Waals surface area contributed by atoms with Crippen LogP contribution < -0.4 is 10.1 Å². The summed E-state index contributed by atoms with van der Waals surface area (Å²) in [5.74, 6) is -0.991. The van der Waals surface area contributed by atoms with Crippen LogP contribution in [0.1, 0.15) is 16.8 Å². The summed E-state index contributed by atoms with van der Waals surface area (Å²) >= 11 is 5.81. The number of ether oxygens (including phenoxy) is 2. The SMILES string of the molecule is COC(=O)C/C(=C/C(=O)c1ccc(Cl)cc1)C(=O)Nc1ccc(OC)cc1. The average Bonchev–Trinajstić information content (AvgIpc) is 2.68. The summed E-state index contributed by atoms with van der Waals surface area (Å²) in [7, 11) is 2.75. The molecule has 0 aliphatic carbocycles. The maximum atomic E-state index is 12.5. The molecular weight excluding hydrogens is 370 g/mol. The number of nitrogens with one attached hydrogen (secondary N) is 1. The first-order chi connectivity index (χ1) is 12.9. The zero-order chi connectivity index (χ0) is 19.8. The van der Waals surface area contributed by atoms with Crippen LogP contribution in [-0.4, -0.2) is 31.9 Å². The van der Waals surface area contributed by atoms with Crippen molar-refractivity contribution in [3.05, 3.63) is 70.8 Å². The van der Waals surface area contributed by atoms with Gasteiger partial charge >= 0.3 is 5.97 Å². The van der Waals surface area contributed by atoms with Gasteiger partial charge in [0.05, 0.1) is 20.6 Å². The van der Waals surface area contributed by atoms with Crippen molar-refractivity contribution in [3.63, 3.8) is 0 Å². The van der Waals surface area contributed by atoms with E-state index in [1.54, 1.807) is 36.4 Å². The van der Waals surface area contributed by atoms with Crippen LogP contribution in [-0.2, 0) is 14.3 Å². The molecule has 0 saturated heterocycles. The number of carbonyl (C=O) groups is 3. The fraction of sp³-hybridized carbons (Fsp3) is 0.150. The Labute approximate surface area is 161 Å². The van der Waals surface area contributed by atoms with Crippen LogP contribution in [0.15, 0.2) is 60.2 Å². The molecule has 1 N–H and O–H groups in total. The Morgan fingerprint density at radius 1 is 1.00 bits per heavy atom. The Balaban J connectivity index is 2.23. The summed E-state index contributed by atoms with van der Waals surface area (Å²) in [6, 6.07) is 12.9. The number of halogens is 1. The van der Waals surface area contributed by atoms with E-state index in [1.165, 1.54) is 26.4 Å². The molecule has 0 aromatic heterocycles. The molecule has 0 bridgehead atoms. The predicted octanol–water partition coefficient (Wildman–Crippen LogP) is 3.66. The molecule has 0 aliphatic heterocycles. The summed E-state index contributed by atoms with van der Waals surface area (Å²) in [6.07, 6.45) is 0.789. The van der Waals surface area contributed by atoms with E-state index in [4.69, 9.17) is 16.3 Å². The largest absolute Gasteiger partial charge is 0.497 e. The zero-order valence-corrected chi connectivity index (χ0v) is 15.6. The van der Waals surface area contributed by atoms with Crippen molar-refractivity contribution in [2.24, 2.45) is 0 Å². The van der Waals surface area contributed by atoms with E-state index in [-0.39, 0.29) is 12.0 Å². The number of carbonyl (C=O) groups excluding carboxylic acids is 3. The number of hydrogen-bond acceptors (Lipinski definition) is 5. The molecule has 0 radical (unpaired) electrons. The Morgan fingerprint density at radius 3 is 2.19 bits per heavy atom. The lowest BCUT2D eigenvalue weighted by atomic mass is 10.1. The van der Waals surface area contributed by atoms with E-state index in [0.29, 0.717) is 22.0 Å². The van der Waals surface area contributed by atoms with Crippen molar-refractivity contribution in [1.82, 2.24) is 0 Å². The van der Waals surface area contributed by atoms with Crippen molar-refractivity contribution in [2.45, 2.75) is 6.42 Å². The van der Waals surface area contributed by atoms with Gasteiger partial charge in [0.2, 0.25) is 0 Å². The first kappa shape index (κ1) is 20.2. The molecule has 6 nitrogen and oxygen atoms in total. The van der Waals surface area contributed by atoms with Gasteiger partial charge in [0.15, 0.2) is 5.78 Å². The molecule has 0 unspecified atom stereocenters. The van der Waals surface area contributed by atoms with E-state index in [0.717, 1.165) is 6.08 Å². The summed E-state index contributed by atoms with van der Waals surface area (Å²) in [5.41, 5.74) is 0.826. The van der Waals surface area contributed by atoms with Crippen molar-refractivity contribution in [3.8, 4) is 5.75 Å². The van der Waals surface area contributed by atoms with Crippen molar-refractivity contribution < 1.29 is 23.9 Å².